The van der Waals surface area contributed by atoms with E-state index in [1.54, 1.807) is 0 Å². The number of carbonyl (C=O) groups excluding carboxylic acids is 1. The second-order valence-electron chi connectivity index (χ2n) is 5.67. The number of nitrogens with one attached hydrogen (secondary N) is 1. The molecule has 2 N–H and O–H groups in total. The van der Waals surface area contributed by atoms with Crippen LogP contribution in [0.2, 0.25) is 0 Å². The number of carboxylic acid groups (broad SMARTS) is 1. The number of amides is 1. The fourth-order valence-corrected chi connectivity index (χ4v) is 1.96. The van der Waals surface area contributed by atoms with Crippen LogP contribution in [-0.4, -0.2) is 36.2 Å². The summed E-state index contributed by atoms with van der Waals surface area (Å²) in [4.78, 5) is 21.6. The molecule has 18 heavy (non-hydrogen) atoms. The van der Waals surface area contributed by atoms with Gasteiger partial charge in [0, 0.05) is 13.0 Å². The van der Waals surface area contributed by atoms with Gasteiger partial charge in [0.1, 0.15) is 0 Å². The van der Waals surface area contributed by atoms with Crippen molar-refractivity contribution in [2.24, 2.45) is 5.41 Å². The molecule has 1 saturated heterocycles. The van der Waals surface area contributed by atoms with Gasteiger partial charge in [0.2, 0.25) is 5.91 Å². The Morgan fingerprint density at radius 2 is 2.11 bits per heavy atom. The minimum absolute atomic E-state index is 0.0495. The summed E-state index contributed by atoms with van der Waals surface area (Å²) in [6.07, 6.45) is 3.13. The third-order valence-corrected chi connectivity index (χ3v) is 3.21. The Balaban J connectivity index is 2.08. The van der Waals surface area contributed by atoms with E-state index in [0.29, 0.717) is 6.54 Å². The topological polar surface area (TPSA) is 75.6 Å². The Labute approximate surface area is 108 Å². The standard InChI is InChI=1S/C13H23NO4/c1-13(2)7-5-10(18-9-13)6-8-14-11(15)3-4-12(16)17/h10H,3-9H2,1-2H3,(H,14,15)(H,16,17). The zero-order valence-electron chi connectivity index (χ0n) is 11.2. The minimum atomic E-state index is -0.942. The summed E-state index contributed by atoms with van der Waals surface area (Å²) in [5.74, 6) is -1.14. The first-order valence-corrected chi connectivity index (χ1v) is 6.49. The maximum absolute atomic E-state index is 11.3. The van der Waals surface area contributed by atoms with Crippen LogP contribution in [0.15, 0.2) is 0 Å². The number of aliphatic carboxylic acids is 1. The van der Waals surface area contributed by atoms with Crippen LogP contribution in [-0.2, 0) is 14.3 Å². The highest BCUT2D eigenvalue weighted by atomic mass is 16.5. The van der Waals surface area contributed by atoms with Gasteiger partial charge in [0.15, 0.2) is 0 Å². The molecule has 0 aliphatic carbocycles. The Morgan fingerprint density at radius 3 is 2.67 bits per heavy atom. The molecule has 1 aliphatic rings. The summed E-state index contributed by atoms with van der Waals surface area (Å²) in [7, 11) is 0. The number of carboxylic acids is 1. The van der Waals surface area contributed by atoms with E-state index in [2.05, 4.69) is 19.2 Å². The molecule has 5 nitrogen and oxygen atoms in total. The Morgan fingerprint density at radius 1 is 1.39 bits per heavy atom. The van der Waals surface area contributed by atoms with Crippen LogP contribution >= 0.6 is 0 Å². The van der Waals surface area contributed by atoms with Crippen LogP contribution < -0.4 is 5.32 Å². The molecule has 0 aromatic carbocycles. The van der Waals surface area contributed by atoms with Crippen LogP contribution in [0.1, 0.15) is 46.0 Å². The van der Waals surface area contributed by atoms with Gasteiger partial charge in [-0.3, -0.25) is 9.59 Å². The highest BCUT2D eigenvalue weighted by Crippen LogP contribution is 2.30. The van der Waals surface area contributed by atoms with Crippen molar-refractivity contribution >= 4 is 11.9 Å². The molecule has 5 heteroatoms. The third-order valence-electron chi connectivity index (χ3n) is 3.21. The molecule has 1 fully saturated rings. The number of ether oxygens (including phenoxy) is 1. The fraction of sp³-hybridized carbons (Fsp3) is 0.846. The van der Waals surface area contributed by atoms with Gasteiger partial charge >= 0.3 is 5.97 Å². The molecular formula is C13H23NO4. The highest BCUT2D eigenvalue weighted by molar-refractivity contribution is 5.80. The molecule has 1 atom stereocenters. The Hall–Kier alpha value is -1.10. The molecule has 1 aliphatic heterocycles. The fourth-order valence-electron chi connectivity index (χ4n) is 1.96. The smallest absolute Gasteiger partial charge is 0.303 e. The van der Waals surface area contributed by atoms with E-state index < -0.39 is 5.97 Å². The largest absolute Gasteiger partial charge is 0.481 e. The predicted octanol–water partition coefficient (Wildman–Crippen LogP) is 1.56. The van der Waals surface area contributed by atoms with Gasteiger partial charge in [-0.25, -0.2) is 0 Å². The molecule has 0 saturated carbocycles. The average Bonchev–Trinajstić information content (AvgIpc) is 2.29. The number of carbonyl (C=O) groups is 2. The SMILES string of the molecule is CC1(C)CCC(CCNC(=O)CCC(=O)O)OC1. The van der Waals surface area contributed by atoms with Gasteiger partial charge in [0.25, 0.3) is 0 Å². The van der Waals surface area contributed by atoms with E-state index in [4.69, 9.17) is 9.84 Å². The lowest BCUT2D eigenvalue weighted by Gasteiger charge is -2.34. The lowest BCUT2D eigenvalue weighted by molar-refractivity contribution is -0.138. The van der Waals surface area contributed by atoms with Crippen molar-refractivity contribution in [3.8, 4) is 0 Å². The van der Waals surface area contributed by atoms with Crippen molar-refractivity contribution in [3.05, 3.63) is 0 Å². The van der Waals surface area contributed by atoms with Gasteiger partial charge in [-0.1, -0.05) is 13.8 Å². The van der Waals surface area contributed by atoms with E-state index in [1.165, 1.54) is 0 Å². The molecule has 1 amide bonds. The first kappa shape index (κ1) is 15.0. The van der Waals surface area contributed by atoms with E-state index in [9.17, 15) is 9.59 Å². The van der Waals surface area contributed by atoms with Crippen molar-refractivity contribution in [3.63, 3.8) is 0 Å². The number of hydrogen-bond acceptors (Lipinski definition) is 3. The van der Waals surface area contributed by atoms with Crippen molar-refractivity contribution < 1.29 is 19.4 Å². The number of rotatable bonds is 6. The maximum atomic E-state index is 11.3. The average molecular weight is 257 g/mol. The predicted molar refractivity (Wildman–Crippen MR) is 67.3 cm³/mol. The molecule has 0 spiro atoms. The molecule has 0 aromatic rings. The third kappa shape index (κ3) is 6.00. The van der Waals surface area contributed by atoms with E-state index >= 15 is 0 Å². The molecular weight excluding hydrogens is 234 g/mol. The summed E-state index contributed by atoms with van der Waals surface area (Å²) >= 11 is 0. The summed E-state index contributed by atoms with van der Waals surface area (Å²) in [6, 6.07) is 0. The highest BCUT2D eigenvalue weighted by Gasteiger charge is 2.27. The van der Waals surface area contributed by atoms with Gasteiger partial charge in [-0.15, -0.1) is 0 Å². The van der Waals surface area contributed by atoms with Gasteiger partial charge in [0.05, 0.1) is 19.1 Å². The Kier molecular flexibility index (Phi) is 5.59. The first-order valence-electron chi connectivity index (χ1n) is 6.49. The monoisotopic (exact) mass is 257 g/mol. The van der Waals surface area contributed by atoms with Crippen LogP contribution in [0, 0.1) is 5.41 Å². The van der Waals surface area contributed by atoms with Crippen molar-refractivity contribution in [2.45, 2.75) is 52.1 Å². The van der Waals surface area contributed by atoms with E-state index in [1.807, 2.05) is 0 Å². The van der Waals surface area contributed by atoms with Crippen LogP contribution in [0.3, 0.4) is 0 Å². The van der Waals surface area contributed by atoms with Gasteiger partial charge < -0.3 is 15.2 Å². The zero-order valence-corrected chi connectivity index (χ0v) is 11.2. The summed E-state index contributed by atoms with van der Waals surface area (Å²) < 4.78 is 5.73. The Bertz CT molecular complexity index is 291. The van der Waals surface area contributed by atoms with Gasteiger partial charge in [-0.2, -0.15) is 0 Å². The second kappa shape index (κ2) is 6.73. The van der Waals surface area contributed by atoms with Crippen LogP contribution in [0.5, 0.6) is 0 Å². The van der Waals surface area contributed by atoms with Crippen molar-refractivity contribution in [1.82, 2.24) is 5.32 Å². The summed E-state index contributed by atoms with van der Waals surface area (Å²) in [6.45, 7) is 5.71. The maximum Gasteiger partial charge on any atom is 0.303 e. The molecule has 104 valence electrons. The summed E-state index contributed by atoms with van der Waals surface area (Å²) in [5, 5.41) is 11.2. The van der Waals surface area contributed by atoms with Crippen molar-refractivity contribution in [1.29, 1.82) is 0 Å². The molecule has 1 heterocycles. The first-order chi connectivity index (χ1) is 8.39. The lowest BCUT2D eigenvalue weighted by atomic mass is 9.85. The van der Waals surface area contributed by atoms with Gasteiger partial charge in [-0.05, 0) is 24.7 Å². The second-order valence-corrected chi connectivity index (χ2v) is 5.67. The summed E-state index contributed by atoms with van der Waals surface area (Å²) in [5.41, 5.74) is 0.265. The quantitative estimate of drug-likeness (QED) is 0.757. The van der Waals surface area contributed by atoms with Crippen LogP contribution in [0.4, 0.5) is 0 Å². The van der Waals surface area contributed by atoms with E-state index in [0.717, 1.165) is 25.9 Å². The molecule has 1 rings (SSSR count). The zero-order chi connectivity index (χ0) is 13.6. The van der Waals surface area contributed by atoms with Crippen LogP contribution in [0.25, 0.3) is 0 Å². The van der Waals surface area contributed by atoms with Crippen molar-refractivity contribution in [2.75, 3.05) is 13.2 Å². The number of hydrogen-bond donors (Lipinski definition) is 2. The van der Waals surface area contributed by atoms with E-state index in [-0.39, 0.29) is 30.3 Å². The molecule has 0 radical (unpaired) electrons. The lowest BCUT2D eigenvalue weighted by Crippen LogP contribution is -2.34. The molecule has 0 aromatic heterocycles. The minimum Gasteiger partial charge on any atom is -0.481 e. The molecule has 1 unspecified atom stereocenters. The normalized spacial score (nSPS) is 22.4. The molecule has 0 bridgehead atoms.